The number of carbonyl (C=O) groups is 2. The van der Waals surface area contributed by atoms with Gasteiger partial charge < -0.3 is 44.0 Å². The second kappa shape index (κ2) is 15.0. The van der Waals surface area contributed by atoms with Crippen LogP contribution in [0.5, 0.6) is 34.5 Å². The summed E-state index contributed by atoms with van der Waals surface area (Å²) in [5, 5.41) is 24.3. The Kier molecular flexibility index (Phi) is 10.3. The maximum absolute atomic E-state index is 14.3. The Labute approximate surface area is 330 Å². The van der Waals surface area contributed by atoms with Gasteiger partial charge in [-0.1, -0.05) is 17.9 Å². The molecule has 3 N–H and O–H groups in total. The Hall–Kier alpha value is -4.65. The normalized spacial score (nSPS) is 24.4. The predicted octanol–water partition coefficient (Wildman–Crippen LogP) is 4.20. The van der Waals surface area contributed by atoms with Crippen molar-refractivity contribution in [3.05, 3.63) is 68.3 Å². The second-order valence-electron chi connectivity index (χ2n) is 14.9. The van der Waals surface area contributed by atoms with Crippen molar-refractivity contribution in [2.24, 2.45) is 0 Å². The van der Waals surface area contributed by atoms with Crippen LogP contribution in [0, 0.1) is 25.7 Å². The number of nitrogens with zero attached hydrogens (tertiary/aromatic N) is 2. The fourth-order valence-electron chi connectivity index (χ4n) is 9.69. The van der Waals surface area contributed by atoms with E-state index in [1.165, 1.54) is 6.92 Å². The molecule has 1 saturated heterocycles. The molecule has 0 aromatic heterocycles. The Morgan fingerprint density at radius 2 is 1.84 bits per heavy atom. The monoisotopic (exact) mass is 785 g/mol. The summed E-state index contributed by atoms with van der Waals surface area (Å²) in [7, 11) is 5.22. The third-order valence-electron chi connectivity index (χ3n) is 12.0. The zero-order valence-corrected chi connectivity index (χ0v) is 33.4. The van der Waals surface area contributed by atoms with Crippen LogP contribution in [0.3, 0.4) is 0 Å². The number of thioether (sulfide) groups is 1. The summed E-state index contributed by atoms with van der Waals surface area (Å²) in [4.78, 5) is 31.8. The number of aliphatic hydroxyl groups is 1. The Morgan fingerprint density at radius 3 is 2.55 bits per heavy atom. The molecule has 5 heterocycles. The molecule has 0 radical (unpaired) electrons. The molecule has 2 bridgehead atoms. The van der Waals surface area contributed by atoms with Crippen molar-refractivity contribution < 1.29 is 48.2 Å². The van der Waals surface area contributed by atoms with Gasteiger partial charge in [0.05, 0.1) is 37.1 Å². The number of likely N-dealkylation sites (N-methyl/N-ethyl adjacent to an activating group) is 1. The van der Waals surface area contributed by atoms with Crippen molar-refractivity contribution in [2.75, 3.05) is 60.6 Å². The SMILES string of the molecule is COc1cc2c(cc1C#CCO)CCNC2C(=O)OC[C@H]1c2c3c(c(C)c(OC(C)=O)c2C(SC)C2[C@H]4c5c(cc(C)c(OC)c5O)CC(CN21)N4C)OCO3. The number of aromatic hydroxyl groups is 1. The lowest BCUT2D eigenvalue weighted by Crippen LogP contribution is -2.64. The van der Waals surface area contributed by atoms with Gasteiger partial charge in [0, 0.05) is 54.4 Å². The number of esters is 2. The highest BCUT2D eigenvalue weighted by Gasteiger charge is 2.56. The van der Waals surface area contributed by atoms with Gasteiger partial charge in [0.1, 0.15) is 30.8 Å². The summed E-state index contributed by atoms with van der Waals surface area (Å²) in [6.07, 6.45) is 3.42. The molecule has 0 saturated carbocycles. The van der Waals surface area contributed by atoms with Crippen LogP contribution in [-0.2, 0) is 27.2 Å². The number of piperazine rings is 1. The number of hydrogen-bond donors (Lipinski definition) is 3. The maximum Gasteiger partial charge on any atom is 0.327 e. The quantitative estimate of drug-likeness (QED) is 0.179. The molecule has 0 aliphatic carbocycles. The van der Waals surface area contributed by atoms with E-state index in [0.29, 0.717) is 65.8 Å². The van der Waals surface area contributed by atoms with Crippen molar-refractivity contribution in [3.8, 4) is 46.3 Å². The van der Waals surface area contributed by atoms with Gasteiger partial charge in [0.25, 0.3) is 0 Å². The van der Waals surface area contributed by atoms with Crippen molar-refractivity contribution in [1.29, 1.82) is 0 Å². The highest BCUT2D eigenvalue weighted by atomic mass is 32.2. The highest BCUT2D eigenvalue weighted by molar-refractivity contribution is 7.98. The largest absolute Gasteiger partial charge is 0.504 e. The zero-order valence-electron chi connectivity index (χ0n) is 32.6. The van der Waals surface area contributed by atoms with Crippen molar-refractivity contribution >= 4 is 23.7 Å². The molecule has 8 rings (SSSR count). The maximum atomic E-state index is 14.3. The average Bonchev–Trinajstić information content (AvgIpc) is 3.67. The molecule has 1 fully saturated rings. The minimum absolute atomic E-state index is 0.00429. The van der Waals surface area contributed by atoms with Gasteiger partial charge in [-0.15, -0.1) is 0 Å². The minimum atomic E-state index is -0.767. The Balaban J connectivity index is 1.25. The number of aryl methyl sites for hydroxylation is 1. The summed E-state index contributed by atoms with van der Waals surface area (Å²) in [6.45, 7) is 6.06. The van der Waals surface area contributed by atoms with Gasteiger partial charge in [0.2, 0.25) is 6.79 Å². The molecular weight excluding hydrogens is 739 g/mol. The molecule has 0 spiro atoms. The number of benzene rings is 3. The lowest BCUT2D eigenvalue weighted by molar-refractivity contribution is -0.150. The molecule has 0 amide bonds. The molecular formula is C42H47N3O10S. The fourth-order valence-corrected chi connectivity index (χ4v) is 10.7. The van der Waals surface area contributed by atoms with Crippen LogP contribution in [0.2, 0.25) is 0 Å². The van der Waals surface area contributed by atoms with Crippen LogP contribution in [0.1, 0.15) is 80.4 Å². The van der Waals surface area contributed by atoms with E-state index >= 15 is 0 Å². The molecule has 5 aliphatic heterocycles. The van der Waals surface area contributed by atoms with E-state index in [4.69, 9.17) is 28.4 Å². The van der Waals surface area contributed by atoms with Crippen LogP contribution in [0.25, 0.3) is 0 Å². The third-order valence-corrected chi connectivity index (χ3v) is 13.0. The Bertz CT molecular complexity index is 2180. The lowest BCUT2D eigenvalue weighted by atomic mass is 9.73. The van der Waals surface area contributed by atoms with Gasteiger partial charge >= 0.3 is 11.9 Å². The molecule has 14 heteroatoms. The van der Waals surface area contributed by atoms with Gasteiger partial charge in [-0.05, 0) is 74.4 Å². The number of rotatable bonds is 7. The molecule has 296 valence electrons. The van der Waals surface area contributed by atoms with Gasteiger partial charge in [0.15, 0.2) is 23.0 Å². The minimum Gasteiger partial charge on any atom is -0.504 e. The van der Waals surface area contributed by atoms with Gasteiger partial charge in [-0.25, -0.2) is 4.79 Å². The molecule has 5 aliphatic rings. The lowest BCUT2D eigenvalue weighted by Gasteiger charge is -2.59. The molecule has 56 heavy (non-hydrogen) atoms. The topological polar surface area (TPSA) is 148 Å². The standard InChI is InChI=1S/C42H47N3O10S/c1-20-13-25-15-26-17-45-28(18-52-42(49)33-27-16-29(50-5)24(9-8-12-46)14-23(27)10-11-43-33)31-32(38(55-22(3)47)21(2)39-40(31)54-19-53-39)41(56-7)35(45)34(44(26)4)30(25)36(48)37(20)51-6/h13-14,16,26,28,33-35,41,43,46,48H,10-12,15,17-19H2,1-7H3/t26?,28-,33?,34+,35?,41?/m0/s1. The van der Waals surface area contributed by atoms with Crippen LogP contribution in [-0.4, -0.2) is 105 Å². The summed E-state index contributed by atoms with van der Waals surface area (Å²) < 4.78 is 36.1. The smallest absolute Gasteiger partial charge is 0.327 e. The van der Waals surface area contributed by atoms with Crippen LogP contribution < -0.4 is 29.0 Å². The zero-order chi connectivity index (χ0) is 39.6. The number of phenolic OH excluding ortho intramolecular Hbond substituents is 1. The van der Waals surface area contributed by atoms with Crippen molar-refractivity contribution in [3.63, 3.8) is 0 Å². The number of fused-ring (bicyclic) bond motifs is 10. The Morgan fingerprint density at radius 1 is 1.05 bits per heavy atom. The predicted molar refractivity (Wildman–Crippen MR) is 208 cm³/mol. The van der Waals surface area contributed by atoms with E-state index in [9.17, 15) is 19.8 Å². The van der Waals surface area contributed by atoms with Crippen LogP contribution in [0.4, 0.5) is 0 Å². The highest BCUT2D eigenvalue weighted by Crippen LogP contribution is 2.62. The summed E-state index contributed by atoms with van der Waals surface area (Å²) in [5.74, 6) is 7.25. The number of methoxy groups -OCH3 is 2. The first-order valence-electron chi connectivity index (χ1n) is 18.8. The third kappa shape index (κ3) is 6.03. The number of ether oxygens (including phenoxy) is 6. The van der Waals surface area contributed by atoms with E-state index < -0.39 is 24.0 Å². The van der Waals surface area contributed by atoms with E-state index in [-0.39, 0.29) is 49.1 Å². The molecule has 3 aromatic rings. The first-order chi connectivity index (χ1) is 27.0. The number of nitrogens with one attached hydrogen (secondary N) is 1. The van der Waals surface area contributed by atoms with Crippen molar-refractivity contribution in [1.82, 2.24) is 15.1 Å². The van der Waals surface area contributed by atoms with E-state index in [1.807, 2.05) is 32.2 Å². The van der Waals surface area contributed by atoms with E-state index in [2.05, 4.69) is 40.1 Å². The molecule has 13 nitrogen and oxygen atoms in total. The van der Waals surface area contributed by atoms with E-state index in [0.717, 1.165) is 38.9 Å². The van der Waals surface area contributed by atoms with Crippen LogP contribution in [0.15, 0.2) is 18.2 Å². The summed E-state index contributed by atoms with van der Waals surface area (Å²) >= 11 is 1.64. The average molecular weight is 786 g/mol. The first kappa shape index (κ1) is 38.2. The summed E-state index contributed by atoms with van der Waals surface area (Å²) in [5.41, 5.74) is 7.29. The second-order valence-corrected chi connectivity index (χ2v) is 15.9. The van der Waals surface area contributed by atoms with E-state index in [1.54, 1.807) is 26.0 Å². The molecule has 4 unspecified atom stereocenters. The summed E-state index contributed by atoms with van der Waals surface area (Å²) in [6, 6.07) is 4.06. The fraction of sp³-hybridized carbons (Fsp3) is 0.476. The van der Waals surface area contributed by atoms with Gasteiger partial charge in [-0.3, -0.25) is 14.6 Å². The van der Waals surface area contributed by atoms with Crippen LogP contribution >= 0.6 is 11.8 Å². The molecule has 6 atom stereocenters. The first-order valence-corrected chi connectivity index (χ1v) is 20.1. The number of phenols is 1. The number of carbonyl (C=O) groups excluding carboxylic acids is 2. The molecule has 3 aromatic carbocycles. The van der Waals surface area contributed by atoms with Crippen molar-refractivity contribution in [2.45, 2.75) is 69.1 Å². The number of aliphatic hydroxyl groups excluding tert-OH is 1. The number of hydrogen-bond acceptors (Lipinski definition) is 14. The van der Waals surface area contributed by atoms with Gasteiger partial charge in [-0.2, -0.15) is 11.8 Å².